The Morgan fingerprint density at radius 3 is 1.67 bits per heavy atom. The zero-order valence-electron chi connectivity index (χ0n) is 14.9. The Bertz CT molecular complexity index is 826. The number of ether oxygens (including phenoxy) is 1. The number of methoxy groups -OCH3 is 1. The van der Waals surface area contributed by atoms with Gasteiger partial charge in [-0.2, -0.15) is 0 Å². The summed E-state index contributed by atoms with van der Waals surface area (Å²) in [5.41, 5.74) is 3.30. The lowest BCUT2D eigenvalue weighted by atomic mass is 10.0. The van der Waals surface area contributed by atoms with Crippen LogP contribution in [0, 0.1) is 0 Å². The van der Waals surface area contributed by atoms with Crippen LogP contribution in [0.3, 0.4) is 0 Å². The Morgan fingerprint density at radius 1 is 0.778 bits per heavy atom. The van der Waals surface area contributed by atoms with Crippen LogP contribution in [0.15, 0.2) is 84.9 Å². The van der Waals surface area contributed by atoms with E-state index in [0.717, 1.165) is 17.1 Å². The minimum atomic E-state index is -1.62. The third-order valence-electron chi connectivity index (χ3n) is 4.26. The quantitative estimate of drug-likeness (QED) is 0.653. The Labute approximate surface area is 158 Å². The number of anilines is 3. The van der Waals surface area contributed by atoms with Crippen LogP contribution in [0.25, 0.3) is 0 Å². The summed E-state index contributed by atoms with van der Waals surface area (Å²) in [6.07, 6.45) is -2.98. The lowest BCUT2D eigenvalue weighted by Gasteiger charge is -2.26. The Hall–Kier alpha value is -3.15. The Kier molecular flexibility index (Phi) is 5.86. The number of benzene rings is 3. The highest BCUT2D eigenvalue weighted by Gasteiger charge is 2.26. The van der Waals surface area contributed by atoms with Crippen LogP contribution in [-0.2, 0) is 9.53 Å². The van der Waals surface area contributed by atoms with Gasteiger partial charge in [0.1, 0.15) is 6.10 Å². The average molecular weight is 363 g/mol. The molecule has 0 saturated carbocycles. The van der Waals surface area contributed by atoms with Gasteiger partial charge in [-0.3, -0.25) is 0 Å². The SMILES string of the molecule is COC(=O)C(O)C(O)c1ccc(N(c2ccccc2)c2ccccc2)cc1. The van der Waals surface area contributed by atoms with Crippen LogP contribution in [-0.4, -0.2) is 29.4 Å². The van der Waals surface area contributed by atoms with E-state index in [-0.39, 0.29) is 0 Å². The zero-order chi connectivity index (χ0) is 19.2. The lowest BCUT2D eigenvalue weighted by molar-refractivity contribution is -0.156. The van der Waals surface area contributed by atoms with E-state index >= 15 is 0 Å². The monoisotopic (exact) mass is 363 g/mol. The molecule has 0 bridgehead atoms. The minimum absolute atomic E-state index is 0.428. The molecule has 2 unspecified atom stereocenters. The molecule has 0 fully saturated rings. The first-order chi connectivity index (χ1) is 13.1. The van der Waals surface area contributed by atoms with E-state index in [1.165, 1.54) is 7.11 Å². The van der Waals surface area contributed by atoms with Crippen LogP contribution in [0.2, 0.25) is 0 Å². The van der Waals surface area contributed by atoms with Crippen LogP contribution in [0.4, 0.5) is 17.1 Å². The summed E-state index contributed by atoms with van der Waals surface area (Å²) in [6.45, 7) is 0. The highest BCUT2D eigenvalue weighted by molar-refractivity contribution is 5.77. The highest BCUT2D eigenvalue weighted by atomic mass is 16.5. The van der Waals surface area contributed by atoms with E-state index in [1.807, 2.05) is 72.8 Å². The Balaban J connectivity index is 1.94. The minimum Gasteiger partial charge on any atom is -0.467 e. The lowest BCUT2D eigenvalue weighted by Crippen LogP contribution is -2.29. The molecule has 2 atom stereocenters. The van der Waals surface area contributed by atoms with Gasteiger partial charge in [0.05, 0.1) is 7.11 Å². The zero-order valence-corrected chi connectivity index (χ0v) is 14.9. The molecule has 0 amide bonds. The van der Waals surface area contributed by atoms with Crippen molar-refractivity contribution in [3.63, 3.8) is 0 Å². The summed E-state index contributed by atoms with van der Waals surface area (Å²) in [4.78, 5) is 13.5. The second kappa shape index (κ2) is 8.49. The van der Waals surface area contributed by atoms with E-state index in [2.05, 4.69) is 9.64 Å². The predicted octanol–water partition coefficient (Wildman–Crippen LogP) is 3.72. The van der Waals surface area contributed by atoms with Crippen molar-refractivity contribution >= 4 is 23.0 Å². The van der Waals surface area contributed by atoms with Gasteiger partial charge in [-0.1, -0.05) is 48.5 Å². The Morgan fingerprint density at radius 2 is 1.22 bits per heavy atom. The molecule has 3 aromatic carbocycles. The third kappa shape index (κ3) is 4.16. The molecule has 0 saturated heterocycles. The first-order valence-corrected chi connectivity index (χ1v) is 8.56. The maximum atomic E-state index is 11.4. The molecule has 0 spiro atoms. The summed E-state index contributed by atoms with van der Waals surface area (Å²) in [7, 11) is 1.17. The van der Waals surface area contributed by atoms with Crippen LogP contribution >= 0.6 is 0 Å². The van der Waals surface area contributed by atoms with Crippen LogP contribution < -0.4 is 4.90 Å². The van der Waals surface area contributed by atoms with Gasteiger partial charge < -0.3 is 19.8 Å². The van der Waals surface area contributed by atoms with E-state index < -0.39 is 18.2 Å². The highest BCUT2D eigenvalue weighted by Crippen LogP contribution is 2.34. The number of nitrogens with zero attached hydrogens (tertiary/aromatic N) is 1. The van der Waals surface area contributed by atoms with Crippen molar-refractivity contribution in [2.75, 3.05) is 12.0 Å². The van der Waals surface area contributed by atoms with Gasteiger partial charge in [-0.25, -0.2) is 4.79 Å². The smallest absolute Gasteiger partial charge is 0.337 e. The molecular weight excluding hydrogens is 342 g/mol. The van der Waals surface area contributed by atoms with E-state index in [0.29, 0.717) is 5.56 Å². The van der Waals surface area contributed by atoms with E-state index in [4.69, 9.17) is 0 Å². The van der Waals surface area contributed by atoms with Gasteiger partial charge in [-0.05, 0) is 42.0 Å². The van der Waals surface area contributed by atoms with Gasteiger partial charge >= 0.3 is 5.97 Å². The van der Waals surface area contributed by atoms with Crippen molar-refractivity contribution in [3.05, 3.63) is 90.5 Å². The molecular formula is C22H21NO4. The number of aliphatic hydroxyl groups is 2. The van der Waals surface area contributed by atoms with Gasteiger partial charge in [0.2, 0.25) is 0 Å². The number of esters is 1. The molecule has 0 heterocycles. The number of aliphatic hydroxyl groups excluding tert-OH is 2. The molecule has 5 heteroatoms. The van der Waals surface area contributed by atoms with Gasteiger partial charge in [0.15, 0.2) is 6.10 Å². The number of hydrogen-bond acceptors (Lipinski definition) is 5. The molecule has 0 aliphatic rings. The molecule has 0 aliphatic heterocycles. The molecule has 0 aliphatic carbocycles. The normalized spacial score (nSPS) is 12.9. The van der Waals surface area contributed by atoms with Crippen molar-refractivity contribution in [2.45, 2.75) is 12.2 Å². The summed E-state index contributed by atoms with van der Waals surface area (Å²) in [5.74, 6) is -0.873. The largest absolute Gasteiger partial charge is 0.467 e. The van der Waals surface area contributed by atoms with Crippen molar-refractivity contribution in [1.29, 1.82) is 0 Å². The summed E-state index contributed by atoms with van der Waals surface area (Å²) in [5, 5.41) is 20.0. The fraction of sp³-hybridized carbons (Fsp3) is 0.136. The first-order valence-electron chi connectivity index (χ1n) is 8.56. The molecule has 3 aromatic rings. The predicted molar refractivity (Wildman–Crippen MR) is 104 cm³/mol. The van der Waals surface area contributed by atoms with Crippen molar-refractivity contribution < 1.29 is 19.7 Å². The standard InChI is InChI=1S/C22H21NO4/c1-27-22(26)21(25)20(24)16-12-14-19(15-13-16)23(17-8-4-2-5-9-17)18-10-6-3-7-11-18/h2-15,20-21,24-25H,1H3. The number of rotatable bonds is 6. The first kappa shape index (κ1) is 18.6. The summed E-state index contributed by atoms with van der Waals surface area (Å²) in [6, 6.07) is 26.9. The van der Waals surface area contributed by atoms with Gasteiger partial charge in [0, 0.05) is 17.1 Å². The maximum absolute atomic E-state index is 11.4. The maximum Gasteiger partial charge on any atom is 0.337 e. The second-order valence-corrected chi connectivity index (χ2v) is 6.01. The fourth-order valence-electron chi connectivity index (χ4n) is 2.85. The van der Waals surface area contributed by atoms with E-state index in [9.17, 15) is 15.0 Å². The summed E-state index contributed by atoms with van der Waals surface area (Å²) < 4.78 is 4.48. The summed E-state index contributed by atoms with van der Waals surface area (Å²) >= 11 is 0. The van der Waals surface area contributed by atoms with Crippen LogP contribution in [0.5, 0.6) is 0 Å². The topological polar surface area (TPSA) is 70.0 Å². The molecule has 27 heavy (non-hydrogen) atoms. The van der Waals surface area contributed by atoms with Crippen molar-refractivity contribution in [2.24, 2.45) is 0 Å². The van der Waals surface area contributed by atoms with Gasteiger partial charge in [-0.15, -0.1) is 0 Å². The fourth-order valence-corrected chi connectivity index (χ4v) is 2.85. The number of carbonyl (C=O) groups excluding carboxylic acids is 1. The molecule has 3 rings (SSSR count). The molecule has 0 aromatic heterocycles. The van der Waals surface area contributed by atoms with Crippen molar-refractivity contribution in [1.82, 2.24) is 0 Å². The van der Waals surface area contributed by atoms with E-state index in [1.54, 1.807) is 12.1 Å². The van der Waals surface area contributed by atoms with Crippen molar-refractivity contribution in [3.8, 4) is 0 Å². The number of carbonyl (C=O) groups is 1. The number of para-hydroxylation sites is 2. The molecule has 5 nitrogen and oxygen atoms in total. The second-order valence-electron chi connectivity index (χ2n) is 6.01. The molecule has 0 radical (unpaired) electrons. The number of hydrogen-bond donors (Lipinski definition) is 2. The van der Waals surface area contributed by atoms with Crippen LogP contribution in [0.1, 0.15) is 11.7 Å². The third-order valence-corrected chi connectivity index (χ3v) is 4.26. The average Bonchev–Trinajstić information content (AvgIpc) is 2.74. The molecule has 2 N–H and O–H groups in total. The van der Waals surface area contributed by atoms with Gasteiger partial charge in [0.25, 0.3) is 0 Å². The molecule has 138 valence electrons.